The van der Waals surface area contributed by atoms with Crippen molar-refractivity contribution in [3.63, 3.8) is 0 Å². The Kier molecular flexibility index (Phi) is 6.01. The number of alkyl halides is 1. The molecule has 0 fully saturated rings. The number of ether oxygens (including phenoxy) is 1. The van der Waals surface area contributed by atoms with Gasteiger partial charge in [0.1, 0.15) is 5.38 Å². The van der Waals surface area contributed by atoms with Crippen LogP contribution in [-0.4, -0.2) is 26.2 Å². The fourth-order valence-electron chi connectivity index (χ4n) is 1.48. The number of nitrogens with one attached hydrogen (secondary N) is 1. The van der Waals surface area contributed by atoms with E-state index in [1.54, 1.807) is 7.11 Å². The Morgan fingerprint density at radius 3 is 2.65 bits per heavy atom. The predicted octanol–water partition coefficient (Wildman–Crippen LogP) is 2.37. The van der Waals surface area contributed by atoms with Crippen LogP contribution in [0.15, 0.2) is 30.3 Å². The minimum absolute atomic E-state index is 0.166. The summed E-state index contributed by atoms with van der Waals surface area (Å²) >= 11 is 6.07. The van der Waals surface area contributed by atoms with E-state index in [2.05, 4.69) is 5.32 Å². The van der Waals surface area contributed by atoms with E-state index in [1.807, 2.05) is 37.3 Å². The highest BCUT2D eigenvalue weighted by Crippen LogP contribution is 2.19. The first kappa shape index (κ1) is 14.0. The van der Waals surface area contributed by atoms with Crippen LogP contribution in [0.1, 0.15) is 17.9 Å². The molecule has 1 aromatic rings. The smallest absolute Gasteiger partial charge is 0.242 e. The molecule has 1 rings (SSSR count). The van der Waals surface area contributed by atoms with Gasteiger partial charge in [-0.1, -0.05) is 37.3 Å². The minimum Gasteiger partial charge on any atom is -0.384 e. The Labute approximate surface area is 107 Å². The molecule has 0 aromatic heterocycles. The van der Waals surface area contributed by atoms with Gasteiger partial charge in [-0.2, -0.15) is 0 Å². The molecular weight excluding hydrogens is 238 g/mol. The average molecular weight is 256 g/mol. The topological polar surface area (TPSA) is 38.3 Å². The van der Waals surface area contributed by atoms with Gasteiger partial charge in [-0.05, 0) is 11.5 Å². The van der Waals surface area contributed by atoms with Crippen molar-refractivity contribution in [3.8, 4) is 0 Å². The van der Waals surface area contributed by atoms with Gasteiger partial charge < -0.3 is 10.1 Å². The zero-order valence-electron chi connectivity index (χ0n) is 10.2. The number of rotatable bonds is 6. The molecule has 0 bridgehead atoms. The second kappa shape index (κ2) is 7.30. The number of carbonyl (C=O) groups excluding carboxylic acids is 1. The summed E-state index contributed by atoms with van der Waals surface area (Å²) in [6.45, 7) is 3.21. The molecule has 0 saturated heterocycles. The Morgan fingerprint density at radius 1 is 1.41 bits per heavy atom. The molecule has 0 aliphatic carbocycles. The summed E-state index contributed by atoms with van der Waals surface area (Å²) in [4.78, 5) is 11.8. The van der Waals surface area contributed by atoms with E-state index >= 15 is 0 Å². The first-order chi connectivity index (χ1) is 8.15. The van der Waals surface area contributed by atoms with Gasteiger partial charge in [-0.25, -0.2) is 0 Å². The molecular formula is C13H18ClNO2. The molecule has 0 heterocycles. The molecule has 0 saturated carbocycles. The lowest BCUT2D eigenvalue weighted by Crippen LogP contribution is -2.32. The fraction of sp³-hybridized carbons (Fsp3) is 0.462. The molecule has 2 atom stereocenters. The van der Waals surface area contributed by atoms with Gasteiger partial charge >= 0.3 is 0 Å². The van der Waals surface area contributed by atoms with E-state index in [-0.39, 0.29) is 11.8 Å². The predicted molar refractivity (Wildman–Crippen MR) is 69.1 cm³/mol. The van der Waals surface area contributed by atoms with Gasteiger partial charge in [0.25, 0.3) is 0 Å². The summed E-state index contributed by atoms with van der Waals surface area (Å²) in [6.07, 6.45) is 0. The third kappa shape index (κ3) is 4.75. The lowest BCUT2D eigenvalue weighted by Gasteiger charge is -2.14. The maximum Gasteiger partial charge on any atom is 0.242 e. The van der Waals surface area contributed by atoms with Crippen molar-refractivity contribution in [1.29, 1.82) is 0 Å². The molecule has 1 aromatic carbocycles. The number of methoxy groups -OCH3 is 1. The first-order valence-electron chi connectivity index (χ1n) is 5.60. The summed E-state index contributed by atoms with van der Waals surface area (Å²) in [6, 6.07) is 9.31. The summed E-state index contributed by atoms with van der Waals surface area (Å²) in [5.74, 6) is 0.115. The van der Waals surface area contributed by atoms with Crippen LogP contribution in [0.3, 0.4) is 0 Å². The van der Waals surface area contributed by atoms with Crippen molar-refractivity contribution >= 4 is 17.5 Å². The monoisotopic (exact) mass is 255 g/mol. The van der Waals surface area contributed by atoms with Crippen LogP contribution in [0.4, 0.5) is 0 Å². The van der Waals surface area contributed by atoms with E-state index in [9.17, 15) is 4.79 Å². The largest absolute Gasteiger partial charge is 0.384 e. The summed E-state index contributed by atoms with van der Waals surface area (Å²) in [5.41, 5.74) is 0.811. The van der Waals surface area contributed by atoms with Crippen LogP contribution in [-0.2, 0) is 9.53 Å². The van der Waals surface area contributed by atoms with Crippen LogP contribution >= 0.6 is 11.6 Å². The number of halogens is 1. The van der Waals surface area contributed by atoms with Crippen LogP contribution in [0.25, 0.3) is 0 Å². The van der Waals surface area contributed by atoms with E-state index in [0.29, 0.717) is 13.2 Å². The standard InChI is InChI=1S/C13H18ClNO2/c1-10(9-17-2)8-15-13(16)12(14)11-6-4-3-5-7-11/h3-7,10,12H,8-9H2,1-2H3,(H,15,16). The van der Waals surface area contributed by atoms with E-state index < -0.39 is 5.38 Å². The van der Waals surface area contributed by atoms with Crippen molar-refractivity contribution in [2.45, 2.75) is 12.3 Å². The van der Waals surface area contributed by atoms with E-state index in [4.69, 9.17) is 16.3 Å². The molecule has 17 heavy (non-hydrogen) atoms. The normalized spacial score (nSPS) is 14.1. The van der Waals surface area contributed by atoms with Crippen LogP contribution in [0, 0.1) is 5.92 Å². The van der Waals surface area contributed by atoms with Gasteiger partial charge in [0, 0.05) is 13.7 Å². The maximum atomic E-state index is 11.8. The Balaban J connectivity index is 2.43. The lowest BCUT2D eigenvalue weighted by molar-refractivity contribution is -0.121. The summed E-state index contributed by atoms with van der Waals surface area (Å²) in [5, 5.41) is 2.18. The van der Waals surface area contributed by atoms with Crippen molar-refractivity contribution in [2.75, 3.05) is 20.3 Å². The van der Waals surface area contributed by atoms with Crippen molar-refractivity contribution in [3.05, 3.63) is 35.9 Å². The van der Waals surface area contributed by atoms with Crippen LogP contribution < -0.4 is 5.32 Å². The number of amides is 1. The molecule has 0 aliphatic rings. The van der Waals surface area contributed by atoms with Crippen LogP contribution in [0.2, 0.25) is 0 Å². The zero-order valence-corrected chi connectivity index (χ0v) is 10.9. The minimum atomic E-state index is -0.633. The van der Waals surface area contributed by atoms with Gasteiger partial charge in [-0.15, -0.1) is 11.6 Å². The highest BCUT2D eigenvalue weighted by molar-refractivity contribution is 6.30. The zero-order chi connectivity index (χ0) is 12.7. The van der Waals surface area contributed by atoms with Gasteiger partial charge in [-0.3, -0.25) is 4.79 Å². The fourth-order valence-corrected chi connectivity index (χ4v) is 1.70. The van der Waals surface area contributed by atoms with E-state index in [1.165, 1.54) is 0 Å². The summed E-state index contributed by atoms with van der Waals surface area (Å²) < 4.78 is 5.00. The molecule has 0 radical (unpaired) electrons. The third-order valence-electron chi connectivity index (χ3n) is 2.40. The van der Waals surface area contributed by atoms with Crippen LogP contribution in [0.5, 0.6) is 0 Å². The molecule has 2 unspecified atom stereocenters. The Bertz CT molecular complexity index is 343. The molecule has 94 valence electrons. The molecule has 1 amide bonds. The quantitative estimate of drug-likeness (QED) is 0.793. The van der Waals surface area contributed by atoms with Gasteiger partial charge in [0.05, 0.1) is 6.61 Å². The average Bonchev–Trinajstić information content (AvgIpc) is 2.36. The molecule has 0 aliphatic heterocycles. The SMILES string of the molecule is COCC(C)CNC(=O)C(Cl)c1ccccc1. The molecule has 1 N–H and O–H groups in total. The van der Waals surface area contributed by atoms with Crippen molar-refractivity contribution in [1.82, 2.24) is 5.32 Å². The Hall–Kier alpha value is -1.06. The second-order valence-electron chi connectivity index (χ2n) is 4.08. The van der Waals surface area contributed by atoms with Crippen molar-refractivity contribution < 1.29 is 9.53 Å². The molecule has 0 spiro atoms. The van der Waals surface area contributed by atoms with Crippen molar-refractivity contribution in [2.24, 2.45) is 5.92 Å². The molecule has 4 heteroatoms. The number of hydrogen-bond acceptors (Lipinski definition) is 2. The maximum absolute atomic E-state index is 11.8. The van der Waals surface area contributed by atoms with Gasteiger partial charge in [0.2, 0.25) is 5.91 Å². The number of benzene rings is 1. The van der Waals surface area contributed by atoms with E-state index in [0.717, 1.165) is 5.56 Å². The first-order valence-corrected chi connectivity index (χ1v) is 6.04. The lowest BCUT2D eigenvalue weighted by atomic mass is 10.1. The Morgan fingerprint density at radius 2 is 2.06 bits per heavy atom. The van der Waals surface area contributed by atoms with Gasteiger partial charge in [0.15, 0.2) is 0 Å². The number of carbonyl (C=O) groups is 1. The third-order valence-corrected chi connectivity index (χ3v) is 2.85. The highest BCUT2D eigenvalue weighted by atomic mass is 35.5. The second-order valence-corrected chi connectivity index (χ2v) is 4.52. The number of hydrogen-bond donors (Lipinski definition) is 1. The summed E-state index contributed by atoms with van der Waals surface area (Å²) in [7, 11) is 1.65. The highest BCUT2D eigenvalue weighted by Gasteiger charge is 2.17. The molecule has 3 nitrogen and oxygen atoms in total.